The molecule has 1 aromatic heterocycles. The molecular formula is C19H24ClN3O2S. The van der Waals surface area contributed by atoms with Gasteiger partial charge in [-0.25, -0.2) is 0 Å². The summed E-state index contributed by atoms with van der Waals surface area (Å²) in [6.45, 7) is 4.45. The number of carbonyl (C=O) groups is 2. The first-order valence-electron chi connectivity index (χ1n) is 8.55. The van der Waals surface area contributed by atoms with E-state index in [1.807, 2.05) is 35.7 Å². The van der Waals surface area contributed by atoms with E-state index < -0.39 is 0 Å². The standard InChI is InChI=1S/C19H23N3O2S.ClH/c1-13-8-9-20-12-16(13)22-18(23)15-6-4-14(5-7-15)11-21-19(24)17-3-2-10-25-17;/h2-7,10,13,16,20H,8-9,11-12H2,1H3,(H,21,24)(H,22,23);1H. The quantitative estimate of drug-likeness (QED) is 0.731. The number of carbonyl (C=O) groups excluding carboxylic acids is 2. The van der Waals surface area contributed by atoms with E-state index in [0.29, 0.717) is 22.9 Å². The largest absolute Gasteiger partial charge is 0.348 e. The molecule has 1 aromatic carbocycles. The summed E-state index contributed by atoms with van der Waals surface area (Å²) in [5.74, 6) is 0.363. The number of hydrogen-bond acceptors (Lipinski definition) is 4. The number of halogens is 1. The molecule has 0 aliphatic carbocycles. The summed E-state index contributed by atoms with van der Waals surface area (Å²) >= 11 is 1.42. The highest BCUT2D eigenvalue weighted by atomic mass is 35.5. The Morgan fingerprint density at radius 3 is 2.62 bits per heavy atom. The predicted molar refractivity (Wildman–Crippen MR) is 107 cm³/mol. The number of thiophene rings is 1. The second-order valence-electron chi connectivity index (χ2n) is 6.41. The first-order valence-corrected chi connectivity index (χ1v) is 9.43. The summed E-state index contributed by atoms with van der Waals surface area (Å²) in [6.07, 6.45) is 1.08. The van der Waals surface area contributed by atoms with Gasteiger partial charge < -0.3 is 16.0 Å². The van der Waals surface area contributed by atoms with Gasteiger partial charge in [-0.2, -0.15) is 0 Å². The van der Waals surface area contributed by atoms with E-state index in [2.05, 4.69) is 22.9 Å². The van der Waals surface area contributed by atoms with Crippen molar-refractivity contribution in [2.75, 3.05) is 13.1 Å². The third-order valence-electron chi connectivity index (χ3n) is 4.56. The van der Waals surface area contributed by atoms with Crippen LogP contribution in [-0.2, 0) is 6.54 Å². The fourth-order valence-corrected chi connectivity index (χ4v) is 3.53. The van der Waals surface area contributed by atoms with Crippen LogP contribution in [0.1, 0.15) is 38.9 Å². The summed E-state index contributed by atoms with van der Waals surface area (Å²) in [4.78, 5) is 25.0. The molecule has 2 unspecified atom stereocenters. The number of nitrogens with one attached hydrogen (secondary N) is 3. The van der Waals surface area contributed by atoms with Crippen LogP contribution in [0.15, 0.2) is 41.8 Å². The van der Waals surface area contributed by atoms with Crippen molar-refractivity contribution in [3.8, 4) is 0 Å². The van der Waals surface area contributed by atoms with Crippen molar-refractivity contribution in [2.24, 2.45) is 5.92 Å². The predicted octanol–water partition coefficient (Wildman–Crippen LogP) is 2.83. The van der Waals surface area contributed by atoms with E-state index in [9.17, 15) is 9.59 Å². The molecule has 1 aliphatic heterocycles. The minimum Gasteiger partial charge on any atom is -0.348 e. The van der Waals surface area contributed by atoms with Gasteiger partial charge in [-0.05, 0) is 48.0 Å². The van der Waals surface area contributed by atoms with Crippen molar-refractivity contribution in [2.45, 2.75) is 25.9 Å². The number of hydrogen-bond donors (Lipinski definition) is 3. The zero-order valence-corrected chi connectivity index (χ0v) is 16.3. The van der Waals surface area contributed by atoms with Gasteiger partial charge in [0.1, 0.15) is 0 Å². The molecule has 2 amide bonds. The van der Waals surface area contributed by atoms with Crippen LogP contribution in [0.5, 0.6) is 0 Å². The highest BCUT2D eigenvalue weighted by molar-refractivity contribution is 7.12. The molecule has 5 nitrogen and oxygen atoms in total. The normalized spacial score (nSPS) is 19.3. The van der Waals surface area contributed by atoms with Gasteiger partial charge in [-0.15, -0.1) is 23.7 Å². The topological polar surface area (TPSA) is 70.2 Å². The average molecular weight is 394 g/mol. The maximum Gasteiger partial charge on any atom is 0.261 e. The number of rotatable bonds is 5. The third kappa shape index (κ3) is 5.30. The molecule has 0 saturated carbocycles. The first-order chi connectivity index (χ1) is 12.1. The minimum absolute atomic E-state index is 0. The van der Waals surface area contributed by atoms with Crippen LogP contribution in [0.25, 0.3) is 0 Å². The minimum atomic E-state index is -0.0735. The Bertz CT molecular complexity index is 719. The molecular weight excluding hydrogens is 370 g/mol. The van der Waals surface area contributed by atoms with Crippen LogP contribution in [0.3, 0.4) is 0 Å². The maximum absolute atomic E-state index is 12.4. The molecule has 0 radical (unpaired) electrons. The van der Waals surface area contributed by atoms with Crippen molar-refractivity contribution in [1.29, 1.82) is 0 Å². The van der Waals surface area contributed by atoms with Gasteiger partial charge in [0.15, 0.2) is 0 Å². The lowest BCUT2D eigenvalue weighted by Crippen LogP contribution is -2.50. The Hall–Kier alpha value is -1.89. The second-order valence-corrected chi connectivity index (χ2v) is 7.35. The Morgan fingerprint density at radius 2 is 1.96 bits per heavy atom. The van der Waals surface area contributed by atoms with Gasteiger partial charge in [0.05, 0.1) is 4.88 Å². The lowest BCUT2D eigenvalue weighted by atomic mass is 9.94. The van der Waals surface area contributed by atoms with Gasteiger partial charge in [0.2, 0.25) is 0 Å². The van der Waals surface area contributed by atoms with Crippen LogP contribution in [0.4, 0.5) is 0 Å². The van der Waals surface area contributed by atoms with Crippen LogP contribution in [0.2, 0.25) is 0 Å². The SMILES string of the molecule is CC1CCNCC1NC(=O)c1ccc(CNC(=O)c2cccs2)cc1.Cl. The van der Waals surface area contributed by atoms with Gasteiger partial charge >= 0.3 is 0 Å². The molecule has 7 heteroatoms. The Labute approximate surface area is 164 Å². The first kappa shape index (κ1) is 20.4. The molecule has 2 atom stereocenters. The van der Waals surface area contributed by atoms with Crippen molar-refractivity contribution < 1.29 is 9.59 Å². The lowest BCUT2D eigenvalue weighted by Gasteiger charge is -2.30. The summed E-state index contributed by atoms with van der Waals surface area (Å²) in [6, 6.07) is 11.2. The smallest absolute Gasteiger partial charge is 0.261 e. The third-order valence-corrected chi connectivity index (χ3v) is 5.43. The summed E-state index contributed by atoms with van der Waals surface area (Å²) in [5, 5.41) is 11.2. The van der Waals surface area contributed by atoms with Gasteiger partial charge in [0, 0.05) is 24.7 Å². The highest BCUT2D eigenvalue weighted by Crippen LogP contribution is 2.13. The molecule has 3 rings (SSSR count). The molecule has 26 heavy (non-hydrogen) atoms. The van der Waals surface area contributed by atoms with E-state index >= 15 is 0 Å². The lowest BCUT2D eigenvalue weighted by molar-refractivity contribution is 0.0913. The van der Waals surface area contributed by atoms with Crippen LogP contribution < -0.4 is 16.0 Å². The van der Waals surface area contributed by atoms with E-state index in [4.69, 9.17) is 0 Å². The van der Waals surface area contributed by atoms with Gasteiger partial charge in [-0.3, -0.25) is 9.59 Å². The fraction of sp³-hybridized carbons (Fsp3) is 0.368. The van der Waals surface area contributed by atoms with Crippen molar-refractivity contribution in [1.82, 2.24) is 16.0 Å². The van der Waals surface area contributed by atoms with E-state index in [1.54, 1.807) is 6.07 Å². The molecule has 1 aliphatic rings. The van der Waals surface area contributed by atoms with E-state index in [0.717, 1.165) is 25.1 Å². The summed E-state index contributed by atoms with van der Waals surface area (Å²) in [5.41, 5.74) is 1.61. The number of piperidine rings is 1. The molecule has 0 spiro atoms. The number of benzene rings is 1. The molecule has 3 N–H and O–H groups in total. The fourth-order valence-electron chi connectivity index (χ4n) is 2.89. The Balaban J connectivity index is 0.00000243. The van der Waals surface area contributed by atoms with E-state index in [1.165, 1.54) is 11.3 Å². The second kappa shape index (κ2) is 9.71. The van der Waals surface area contributed by atoms with Crippen LogP contribution >= 0.6 is 23.7 Å². The summed E-state index contributed by atoms with van der Waals surface area (Å²) in [7, 11) is 0. The zero-order valence-electron chi connectivity index (χ0n) is 14.7. The van der Waals surface area contributed by atoms with Gasteiger partial charge in [0.25, 0.3) is 11.8 Å². The summed E-state index contributed by atoms with van der Waals surface area (Å²) < 4.78 is 0. The molecule has 2 aromatic rings. The van der Waals surface area contributed by atoms with E-state index in [-0.39, 0.29) is 30.3 Å². The molecule has 1 fully saturated rings. The van der Waals surface area contributed by atoms with Gasteiger partial charge in [-0.1, -0.05) is 25.1 Å². The van der Waals surface area contributed by atoms with Crippen molar-refractivity contribution in [3.63, 3.8) is 0 Å². The zero-order chi connectivity index (χ0) is 17.6. The molecule has 1 saturated heterocycles. The van der Waals surface area contributed by atoms with Crippen molar-refractivity contribution >= 4 is 35.6 Å². The average Bonchev–Trinajstić information content (AvgIpc) is 3.17. The monoisotopic (exact) mass is 393 g/mol. The molecule has 2 heterocycles. The Kier molecular flexibility index (Phi) is 7.63. The van der Waals surface area contributed by atoms with Crippen molar-refractivity contribution in [3.05, 3.63) is 57.8 Å². The molecule has 140 valence electrons. The van der Waals surface area contributed by atoms with Crippen LogP contribution in [0, 0.1) is 5.92 Å². The van der Waals surface area contributed by atoms with Crippen LogP contribution in [-0.4, -0.2) is 30.9 Å². The Morgan fingerprint density at radius 1 is 1.19 bits per heavy atom. The highest BCUT2D eigenvalue weighted by Gasteiger charge is 2.22. The maximum atomic E-state index is 12.4. The molecule has 0 bridgehead atoms. The number of amides is 2.